The quantitative estimate of drug-likeness (QED) is 0.665. The van der Waals surface area contributed by atoms with E-state index in [2.05, 4.69) is 45.9 Å². The molecule has 2 unspecified atom stereocenters. The fourth-order valence-corrected chi connectivity index (χ4v) is 5.54. The number of imide groups is 1. The third kappa shape index (κ3) is 4.35. The van der Waals surface area contributed by atoms with Crippen LogP contribution in [0.25, 0.3) is 0 Å². The fourth-order valence-electron chi connectivity index (χ4n) is 5.54. The van der Waals surface area contributed by atoms with E-state index in [-0.39, 0.29) is 18.5 Å². The van der Waals surface area contributed by atoms with Gasteiger partial charge in [-0.3, -0.25) is 9.69 Å². The molecule has 5 rings (SSSR count). The minimum Gasteiger partial charge on any atom is -0.497 e. The number of amides is 3. The van der Waals surface area contributed by atoms with Gasteiger partial charge in [-0.2, -0.15) is 0 Å². The maximum absolute atomic E-state index is 13.3. The van der Waals surface area contributed by atoms with E-state index in [4.69, 9.17) is 4.74 Å². The van der Waals surface area contributed by atoms with Gasteiger partial charge >= 0.3 is 6.03 Å². The molecule has 3 saturated heterocycles. The number of hydrogen-bond acceptors (Lipinski definition) is 5. The SMILES string of the molecule is COc1ccc(CN2C(=O)NC3(CCN(CC4CNCC4c4ccccc4)CC3)C2=O)cc1. The molecule has 0 saturated carbocycles. The number of carbonyl (C=O) groups is 2. The molecule has 3 fully saturated rings. The number of carbonyl (C=O) groups excluding carboxylic acids is 2. The number of ether oxygens (including phenoxy) is 1. The van der Waals surface area contributed by atoms with E-state index in [1.165, 1.54) is 10.5 Å². The maximum Gasteiger partial charge on any atom is 0.325 e. The minimum absolute atomic E-state index is 0.0901. The van der Waals surface area contributed by atoms with E-state index >= 15 is 0 Å². The maximum atomic E-state index is 13.3. The zero-order chi connectivity index (χ0) is 22.8. The Morgan fingerprint density at radius 1 is 1.00 bits per heavy atom. The second-order valence-electron chi connectivity index (χ2n) is 9.49. The van der Waals surface area contributed by atoms with Crippen molar-refractivity contribution in [2.45, 2.75) is 30.8 Å². The zero-order valence-corrected chi connectivity index (χ0v) is 19.1. The number of rotatable bonds is 6. The molecule has 2 aromatic rings. The number of methoxy groups -OCH3 is 1. The van der Waals surface area contributed by atoms with Gasteiger partial charge in [0.1, 0.15) is 11.3 Å². The van der Waals surface area contributed by atoms with Gasteiger partial charge in [0.15, 0.2) is 0 Å². The van der Waals surface area contributed by atoms with E-state index in [0.29, 0.717) is 24.7 Å². The minimum atomic E-state index is -0.757. The van der Waals surface area contributed by atoms with Crippen LogP contribution in [0.4, 0.5) is 4.79 Å². The van der Waals surface area contributed by atoms with Crippen molar-refractivity contribution in [1.29, 1.82) is 0 Å². The predicted octanol–water partition coefficient (Wildman–Crippen LogP) is 2.58. The van der Waals surface area contributed by atoms with Crippen molar-refractivity contribution in [3.8, 4) is 5.75 Å². The third-order valence-electron chi connectivity index (χ3n) is 7.52. The lowest BCUT2D eigenvalue weighted by molar-refractivity contribution is -0.133. The van der Waals surface area contributed by atoms with Crippen molar-refractivity contribution < 1.29 is 14.3 Å². The molecule has 2 aromatic carbocycles. The van der Waals surface area contributed by atoms with Crippen molar-refractivity contribution in [2.75, 3.05) is 39.8 Å². The van der Waals surface area contributed by atoms with Gasteiger partial charge in [0.2, 0.25) is 0 Å². The van der Waals surface area contributed by atoms with Gasteiger partial charge in [0, 0.05) is 32.1 Å². The molecule has 2 N–H and O–H groups in total. The Kier molecular flexibility index (Phi) is 6.08. The molecule has 33 heavy (non-hydrogen) atoms. The van der Waals surface area contributed by atoms with Crippen LogP contribution in [0.2, 0.25) is 0 Å². The molecule has 0 bridgehead atoms. The normalized spacial score (nSPS) is 24.9. The first kappa shape index (κ1) is 21.9. The van der Waals surface area contributed by atoms with Gasteiger partial charge in [-0.1, -0.05) is 42.5 Å². The highest BCUT2D eigenvalue weighted by molar-refractivity contribution is 6.07. The average Bonchev–Trinajstić information content (AvgIpc) is 3.40. The van der Waals surface area contributed by atoms with Gasteiger partial charge in [0.25, 0.3) is 5.91 Å². The first-order valence-corrected chi connectivity index (χ1v) is 11.8. The van der Waals surface area contributed by atoms with Crippen molar-refractivity contribution in [2.24, 2.45) is 5.92 Å². The molecule has 3 aliphatic rings. The second-order valence-corrected chi connectivity index (χ2v) is 9.49. The van der Waals surface area contributed by atoms with Crippen LogP contribution >= 0.6 is 0 Å². The summed E-state index contributed by atoms with van der Waals surface area (Å²) >= 11 is 0. The van der Waals surface area contributed by atoms with Crippen LogP contribution in [0.1, 0.15) is 29.9 Å². The smallest absolute Gasteiger partial charge is 0.325 e. The van der Waals surface area contributed by atoms with E-state index in [1.54, 1.807) is 7.11 Å². The predicted molar refractivity (Wildman–Crippen MR) is 126 cm³/mol. The van der Waals surface area contributed by atoms with Crippen molar-refractivity contribution in [3.05, 3.63) is 65.7 Å². The lowest BCUT2D eigenvalue weighted by Crippen LogP contribution is -2.55. The van der Waals surface area contributed by atoms with Crippen molar-refractivity contribution >= 4 is 11.9 Å². The van der Waals surface area contributed by atoms with E-state index in [1.807, 2.05) is 24.3 Å². The van der Waals surface area contributed by atoms with Gasteiger partial charge in [-0.25, -0.2) is 4.79 Å². The summed E-state index contributed by atoms with van der Waals surface area (Å²) in [7, 11) is 1.62. The van der Waals surface area contributed by atoms with Crippen LogP contribution in [-0.4, -0.2) is 67.1 Å². The summed E-state index contributed by atoms with van der Waals surface area (Å²) in [6.45, 7) is 4.97. The Morgan fingerprint density at radius 3 is 2.42 bits per heavy atom. The van der Waals surface area contributed by atoms with Gasteiger partial charge in [-0.15, -0.1) is 0 Å². The summed E-state index contributed by atoms with van der Waals surface area (Å²) in [6, 6.07) is 17.9. The first-order chi connectivity index (χ1) is 16.1. The molecule has 2 atom stereocenters. The van der Waals surface area contributed by atoms with E-state index < -0.39 is 5.54 Å². The number of likely N-dealkylation sites (tertiary alicyclic amines) is 1. The van der Waals surface area contributed by atoms with Crippen LogP contribution in [-0.2, 0) is 11.3 Å². The van der Waals surface area contributed by atoms with E-state index in [0.717, 1.165) is 44.0 Å². The average molecular weight is 449 g/mol. The van der Waals surface area contributed by atoms with E-state index in [9.17, 15) is 9.59 Å². The van der Waals surface area contributed by atoms with Crippen molar-refractivity contribution in [1.82, 2.24) is 20.4 Å². The number of nitrogens with zero attached hydrogens (tertiary/aromatic N) is 2. The van der Waals surface area contributed by atoms with Gasteiger partial charge < -0.3 is 20.3 Å². The molecule has 174 valence electrons. The van der Waals surface area contributed by atoms with Crippen LogP contribution in [0.3, 0.4) is 0 Å². The third-order valence-corrected chi connectivity index (χ3v) is 7.52. The van der Waals surface area contributed by atoms with Crippen LogP contribution in [0.5, 0.6) is 5.75 Å². The summed E-state index contributed by atoms with van der Waals surface area (Å²) in [5.41, 5.74) is 1.55. The molecular weight excluding hydrogens is 416 g/mol. The molecule has 7 nitrogen and oxygen atoms in total. The summed E-state index contributed by atoms with van der Waals surface area (Å²) < 4.78 is 5.19. The standard InChI is InChI=1S/C26H32N4O3/c1-33-22-9-7-19(8-10-22)17-30-24(31)26(28-25(30)32)11-13-29(14-12-26)18-21-15-27-16-23(21)20-5-3-2-4-6-20/h2-10,21,23,27H,11-18H2,1H3,(H,28,32). The molecule has 1 spiro atoms. The molecule has 0 radical (unpaired) electrons. The Labute approximate surface area is 195 Å². The number of urea groups is 1. The van der Waals surface area contributed by atoms with Crippen LogP contribution in [0.15, 0.2) is 54.6 Å². The molecule has 7 heteroatoms. The monoisotopic (exact) mass is 448 g/mol. The van der Waals surface area contributed by atoms with Crippen molar-refractivity contribution in [3.63, 3.8) is 0 Å². The first-order valence-electron chi connectivity index (χ1n) is 11.8. The lowest BCUT2D eigenvalue weighted by Gasteiger charge is -2.38. The highest BCUT2D eigenvalue weighted by Crippen LogP contribution is 2.33. The summed E-state index contributed by atoms with van der Waals surface area (Å²) in [4.78, 5) is 29.8. The summed E-state index contributed by atoms with van der Waals surface area (Å²) in [5.74, 6) is 1.75. The fraction of sp³-hybridized carbons (Fsp3) is 0.462. The highest BCUT2D eigenvalue weighted by Gasteiger charge is 2.52. The summed E-state index contributed by atoms with van der Waals surface area (Å²) in [5, 5.41) is 6.59. The summed E-state index contributed by atoms with van der Waals surface area (Å²) in [6.07, 6.45) is 1.32. The van der Waals surface area contributed by atoms with Gasteiger partial charge in [0.05, 0.1) is 13.7 Å². The molecule has 3 amide bonds. The van der Waals surface area contributed by atoms with Crippen LogP contribution in [0, 0.1) is 5.92 Å². The molecule has 3 heterocycles. The zero-order valence-electron chi connectivity index (χ0n) is 19.1. The highest BCUT2D eigenvalue weighted by atomic mass is 16.5. The number of benzene rings is 2. The Morgan fingerprint density at radius 2 is 1.73 bits per heavy atom. The lowest BCUT2D eigenvalue weighted by atomic mass is 9.85. The Balaban J connectivity index is 1.19. The molecule has 0 aliphatic carbocycles. The topological polar surface area (TPSA) is 73.9 Å². The number of hydrogen-bond donors (Lipinski definition) is 2. The van der Waals surface area contributed by atoms with Crippen LogP contribution < -0.4 is 15.4 Å². The second kappa shape index (κ2) is 9.15. The molecule has 0 aromatic heterocycles. The Bertz CT molecular complexity index is 986. The number of nitrogens with one attached hydrogen (secondary N) is 2. The molecule has 3 aliphatic heterocycles. The Hall–Kier alpha value is -2.90. The largest absolute Gasteiger partial charge is 0.497 e. The molecular formula is C26H32N4O3. The number of piperidine rings is 1. The van der Waals surface area contributed by atoms with Gasteiger partial charge in [-0.05, 0) is 48.6 Å².